The topological polar surface area (TPSA) is 49.2 Å². The quantitative estimate of drug-likeness (QED) is 0.679. The lowest BCUT2D eigenvalue weighted by atomic mass is 9.99. The number of hydrogen-bond acceptors (Lipinski definition) is 5. The van der Waals surface area contributed by atoms with Crippen molar-refractivity contribution in [2.75, 3.05) is 18.1 Å². The zero-order valence-corrected chi connectivity index (χ0v) is 16.4. The van der Waals surface area contributed by atoms with E-state index in [0.29, 0.717) is 6.04 Å². The highest BCUT2D eigenvalue weighted by molar-refractivity contribution is 7.22. The largest absolute Gasteiger partial charge is 0.396 e. The molecule has 26 heavy (non-hydrogen) atoms. The highest BCUT2D eigenvalue weighted by Crippen LogP contribution is 2.39. The Balaban J connectivity index is 1.80. The van der Waals surface area contributed by atoms with Crippen LogP contribution in [-0.2, 0) is 0 Å². The molecule has 3 aromatic rings. The fourth-order valence-electron chi connectivity index (χ4n) is 3.71. The van der Waals surface area contributed by atoms with Crippen LogP contribution in [0.3, 0.4) is 0 Å². The van der Waals surface area contributed by atoms with Crippen molar-refractivity contribution >= 4 is 39.0 Å². The molecule has 0 bridgehead atoms. The van der Waals surface area contributed by atoms with Crippen LogP contribution >= 0.6 is 22.9 Å². The van der Waals surface area contributed by atoms with Gasteiger partial charge in [0, 0.05) is 29.1 Å². The second kappa shape index (κ2) is 7.51. The Morgan fingerprint density at radius 1 is 1.23 bits per heavy atom. The Bertz CT molecular complexity index is 907. The molecule has 4 rings (SSSR count). The first kappa shape index (κ1) is 17.7. The number of thiophene rings is 1. The summed E-state index contributed by atoms with van der Waals surface area (Å²) in [5.41, 5.74) is 2.14. The number of benzene rings is 1. The molecular weight excluding hydrogens is 366 g/mol. The molecule has 1 aromatic carbocycles. The molecule has 0 radical (unpaired) electrons. The first-order chi connectivity index (χ1) is 12.7. The number of fused-ring (bicyclic) bond motifs is 1. The van der Waals surface area contributed by atoms with E-state index in [0.717, 1.165) is 51.8 Å². The lowest BCUT2D eigenvalue weighted by Crippen LogP contribution is -2.40. The van der Waals surface area contributed by atoms with Gasteiger partial charge in [-0.2, -0.15) is 0 Å². The summed E-state index contributed by atoms with van der Waals surface area (Å²) in [5.74, 6) is 1.82. The monoisotopic (exact) mass is 387 g/mol. The number of aliphatic hydroxyl groups is 1. The summed E-state index contributed by atoms with van der Waals surface area (Å²) in [5, 5.41) is 10.2. The second-order valence-electron chi connectivity index (χ2n) is 6.78. The molecule has 0 saturated carbocycles. The van der Waals surface area contributed by atoms with E-state index in [1.807, 2.05) is 31.2 Å². The van der Waals surface area contributed by atoms with Crippen LogP contribution < -0.4 is 4.90 Å². The third-order valence-electron chi connectivity index (χ3n) is 4.96. The molecule has 1 aliphatic rings. The maximum absolute atomic E-state index is 9.46. The van der Waals surface area contributed by atoms with E-state index in [1.165, 1.54) is 17.7 Å². The maximum Gasteiger partial charge on any atom is 0.150 e. The average Bonchev–Trinajstić information content (AvgIpc) is 3.06. The molecule has 6 heteroatoms. The van der Waals surface area contributed by atoms with Gasteiger partial charge >= 0.3 is 0 Å². The van der Waals surface area contributed by atoms with Crippen molar-refractivity contribution in [1.29, 1.82) is 0 Å². The minimum Gasteiger partial charge on any atom is -0.396 e. The number of aliphatic hydroxyl groups excluding tert-OH is 1. The van der Waals surface area contributed by atoms with Gasteiger partial charge < -0.3 is 10.0 Å². The van der Waals surface area contributed by atoms with Gasteiger partial charge in [0.25, 0.3) is 0 Å². The Hall–Kier alpha value is -1.69. The second-order valence-corrected chi connectivity index (χ2v) is 8.27. The van der Waals surface area contributed by atoms with Gasteiger partial charge in [-0.05, 0) is 56.4 Å². The highest BCUT2D eigenvalue weighted by Gasteiger charge is 2.26. The van der Waals surface area contributed by atoms with Gasteiger partial charge in [0.15, 0.2) is 5.82 Å². The van der Waals surface area contributed by atoms with Gasteiger partial charge in [0.05, 0.1) is 10.2 Å². The SMILES string of the molecule is Cc1nc(N2CCCCC2CCO)c2sc(-c3ccc(Cl)cc3)cc2n1. The van der Waals surface area contributed by atoms with Crippen molar-refractivity contribution in [3.05, 3.63) is 41.2 Å². The molecule has 1 atom stereocenters. The molecule has 1 saturated heterocycles. The van der Waals surface area contributed by atoms with Gasteiger partial charge in [-0.25, -0.2) is 9.97 Å². The van der Waals surface area contributed by atoms with E-state index in [1.54, 1.807) is 11.3 Å². The maximum atomic E-state index is 9.46. The van der Waals surface area contributed by atoms with E-state index in [4.69, 9.17) is 16.6 Å². The van der Waals surface area contributed by atoms with Crippen LogP contribution in [0.15, 0.2) is 30.3 Å². The fraction of sp³-hybridized carbons (Fsp3) is 0.400. The Labute approximate surface area is 162 Å². The van der Waals surface area contributed by atoms with Crippen LogP contribution in [0.25, 0.3) is 20.7 Å². The molecule has 1 aliphatic heterocycles. The number of rotatable bonds is 4. The number of aromatic nitrogens is 2. The van der Waals surface area contributed by atoms with Crippen LogP contribution in [0, 0.1) is 6.92 Å². The number of aryl methyl sites for hydroxylation is 1. The predicted molar refractivity (Wildman–Crippen MR) is 109 cm³/mol. The summed E-state index contributed by atoms with van der Waals surface area (Å²) in [6, 6.07) is 10.4. The summed E-state index contributed by atoms with van der Waals surface area (Å²) in [6.45, 7) is 3.16. The molecular formula is C20H22ClN3OS. The van der Waals surface area contributed by atoms with Crippen molar-refractivity contribution < 1.29 is 5.11 Å². The Morgan fingerprint density at radius 3 is 2.81 bits per heavy atom. The summed E-state index contributed by atoms with van der Waals surface area (Å²) >= 11 is 7.76. The lowest BCUT2D eigenvalue weighted by Gasteiger charge is -2.36. The van der Waals surface area contributed by atoms with Gasteiger partial charge in [-0.15, -0.1) is 11.3 Å². The summed E-state index contributed by atoms with van der Waals surface area (Å²) in [7, 11) is 0. The van der Waals surface area contributed by atoms with Crippen LogP contribution in [0.5, 0.6) is 0 Å². The van der Waals surface area contributed by atoms with Crippen molar-refractivity contribution in [2.24, 2.45) is 0 Å². The molecule has 136 valence electrons. The zero-order valence-electron chi connectivity index (χ0n) is 14.8. The van der Waals surface area contributed by atoms with Crippen LogP contribution in [-0.4, -0.2) is 34.3 Å². The summed E-state index contributed by atoms with van der Waals surface area (Å²) in [4.78, 5) is 13.0. The third kappa shape index (κ3) is 3.43. The van der Waals surface area contributed by atoms with Gasteiger partial charge in [0.1, 0.15) is 5.82 Å². The minimum atomic E-state index is 0.217. The lowest BCUT2D eigenvalue weighted by molar-refractivity contribution is 0.262. The van der Waals surface area contributed by atoms with E-state index in [2.05, 4.69) is 16.0 Å². The van der Waals surface area contributed by atoms with Gasteiger partial charge in [0.2, 0.25) is 0 Å². The molecule has 1 N–H and O–H groups in total. The van der Waals surface area contributed by atoms with E-state index in [-0.39, 0.29) is 6.61 Å². The molecule has 4 nitrogen and oxygen atoms in total. The van der Waals surface area contributed by atoms with Crippen molar-refractivity contribution in [3.63, 3.8) is 0 Å². The molecule has 0 spiro atoms. The van der Waals surface area contributed by atoms with Crippen molar-refractivity contribution in [3.8, 4) is 10.4 Å². The third-order valence-corrected chi connectivity index (χ3v) is 6.38. The molecule has 0 aliphatic carbocycles. The standard InChI is InChI=1S/C20H22ClN3OS/c1-13-22-17-12-18(14-5-7-15(21)8-6-14)26-19(17)20(23-13)24-10-3-2-4-16(24)9-11-25/h5-8,12,16,25H,2-4,9-11H2,1H3. The first-order valence-electron chi connectivity index (χ1n) is 9.07. The summed E-state index contributed by atoms with van der Waals surface area (Å²) in [6.07, 6.45) is 4.29. The number of hydrogen-bond donors (Lipinski definition) is 1. The average molecular weight is 388 g/mol. The van der Waals surface area contributed by atoms with Gasteiger partial charge in [-0.1, -0.05) is 23.7 Å². The number of nitrogens with zero attached hydrogens (tertiary/aromatic N) is 3. The van der Waals surface area contributed by atoms with E-state index in [9.17, 15) is 5.11 Å². The van der Waals surface area contributed by atoms with Crippen molar-refractivity contribution in [2.45, 2.75) is 38.6 Å². The number of halogens is 1. The van der Waals surface area contributed by atoms with Crippen LogP contribution in [0.4, 0.5) is 5.82 Å². The van der Waals surface area contributed by atoms with Crippen LogP contribution in [0.1, 0.15) is 31.5 Å². The molecule has 0 amide bonds. The number of piperidine rings is 1. The molecule has 1 fully saturated rings. The predicted octanol–water partition coefficient (Wildman–Crippen LogP) is 5.06. The molecule has 2 aromatic heterocycles. The smallest absolute Gasteiger partial charge is 0.150 e. The van der Waals surface area contributed by atoms with E-state index >= 15 is 0 Å². The normalized spacial score (nSPS) is 17.8. The fourth-order valence-corrected chi connectivity index (χ4v) is 4.94. The Kier molecular flexibility index (Phi) is 5.11. The van der Waals surface area contributed by atoms with E-state index < -0.39 is 0 Å². The molecule has 3 heterocycles. The summed E-state index contributed by atoms with van der Waals surface area (Å²) < 4.78 is 1.13. The Morgan fingerprint density at radius 2 is 2.04 bits per heavy atom. The minimum absolute atomic E-state index is 0.217. The van der Waals surface area contributed by atoms with Crippen LogP contribution in [0.2, 0.25) is 5.02 Å². The van der Waals surface area contributed by atoms with Crippen molar-refractivity contribution in [1.82, 2.24) is 9.97 Å². The first-order valence-corrected chi connectivity index (χ1v) is 10.3. The number of anilines is 1. The highest BCUT2D eigenvalue weighted by atomic mass is 35.5. The zero-order chi connectivity index (χ0) is 18.1. The van der Waals surface area contributed by atoms with Gasteiger partial charge in [-0.3, -0.25) is 0 Å². The molecule has 1 unspecified atom stereocenters.